The van der Waals surface area contributed by atoms with Crippen molar-refractivity contribution in [3.63, 3.8) is 0 Å². The number of hydrogen-bond acceptors (Lipinski definition) is 1. The van der Waals surface area contributed by atoms with Crippen molar-refractivity contribution in [1.29, 1.82) is 0 Å². The minimum atomic E-state index is -0.315. The normalized spacial score (nSPS) is 23.9. The first-order chi connectivity index (χ1) is 8.98. The van der Waals surface area contributed by atoms with Crippen LogP contribution in [-0.4, -0.2) is 40.3 Å². The lowest BCUT2D eigenvalue weighted by molar-refractivity contribution is -0.616. The molecular formula is C16H21N2O+. The van der Waals surface area contributed by atoms with E-state index in [4.69, 9.17) is 0 Å². The van der Waals surface area contributed by atoms with Crippen LogP contribution in [0.1, 0.15) is 19.4 Å². The number of likely N-dealkylation sites (N-methyl/N-ethyl adjacent to an activating group) is 1. The van der Waals surface area contributed by atoms with Crippen LogP contribution in [0.25, 0.3) is 0 Å². The average molecular weight is 257 g/mol. The van der Waals surface area contributed by atoms with Gasteiger partial charge in [0.15, 0.2) is 6.21 Å². The largest absolute Gasteiger partial charge is 0.296 e. The van der Waals surface area contributed by atoms with Gasteiger partial charge in [0.25, 0.3) is 5.91 Å². The summed E-state index contributed by atoms with van der Waals surface area (Å²) < 4.78 is 2.09. The summed E-state index contributed by atoms with van der Waals surface area (Å²) in [4.78, 5) is 14.2. The van der Waals surface area contributed by atoms with Crippen molar-refractivity contribution < 1.29 is 9.37 Å². The molecule has 1 aliphatic heterocycles. The molecule has 0 bridgehead atoms. The maximum absolute atomic E-state index is 12.4. The summed E-state index contributed by atoms with van der Waals surface area (Å²) in [6, 6.07) is 9.97. The van der Waals surface area contributed by atoms with Crippen LogP contribution in [-0.2, 0) is 11.2 Å². The van der Waals surface area contributed by atoms with Gasteiger partial charge in [-0.15, -0.1) is 0 Å². The van der Waals surface area contributed by atoms with E-state index in [1.54, 1.807) is 11.0 Å². The SMILES string of the molecule is C=C/C=[N+]1\[C@@H](Cc2ccccc2)C(=O)N(C)C1(C)C. The van der Waals surface area contributed by atoms with Crippen LogP contribution in [0.4, 0.5) is 0 Å². The second-order valence-corrected chi connectivity index (χ2v) is 5.39. The van der Waals surface area contributed by atoms with E-state index in [1.165, 1.54) is 5.56 Å². The number of rotatable bonds is 3. The Morgan fingerprint density at radius 3 is 2.58 bits per heavy atom. The van der Waals surface area contributed by atoms with Crippen LogP contribution in [0, 0.1) is 0 Å². The van der Waals surface area contributed by atoms with Crippen LogP contribution in [0.2, 0.25) is 0 Å². The third-order valence-electron chi connectivity index (χ3n) is 3.94. The van der Waals surface area contributed by atoms with Crippen molar-refractivity contribution in [3.8, 4) is 0 Å². The van der Waals surface area contributed by atoms with Crippen LogP contribution >= 0.6 is 0 Å². The van der Waals surface area contributed by atoms with Gasteiger partial charge in [0, 0.05) is 27.3 Å². The van der Waals surface area contributed by atoms with Crippen molar-refractivity contribution in [2.75, 3.05) is 7.05 Å². The molecule has 0 radical (unpaired) electrons. The molecule has 0 aromatic heterocycles. The Hall–Kier alpha value is -1.90. The maximum Gasteiger partial charge on any atom is 0.296 e. The van der Waals surface area contributed by atoms with E-state index >= 15 is 0 Å². The molecule has 1 atom stereocenters. The highest BCUT2D eigenvalue weighted by Gasteiger charge is 2.53. The smallest absolute Gasteiger partial charge is 0.280 e. The Morgan fingerprint density at radius 1 is 1.37 bits per heavy atom. The summed E-state index contributed by atoms with van der Waals surface area (Å²) in [6.45, 7) is 7.86. The Kier molecular flexibility index (Phi) is 3.56. The molecule has 1 amide bonds. The van der Waals surface area contributed by atoms with E-state index in [1.807, 2.05) is 31.5 Å². The third kappa shape index (κ3) is 2.33. The van der Waals surface area contributed by atoms with Crippen LogP contribution in [0.15, 0.2) is 43.0 Å². The topological polar surface area (TPSA) is 23.3 Å². The van der Waals surface area contributed by atoms with Crippen LogP contribution in [0.5, 0.6) is 0 Å². The molecule has 0 spiro atoms. The second kappa shape index (κ2) is 5.00. The zero-order valence-electron chi connectivity index (χ0n) is 11.8. The first kappa shape index (κ1) is 13.5. The predicted octanol–water partition coefficient (Wildman–Crippen LogP) is 2.08. The lowest BCUT2D eigenvalue weighted by Crippen LogP contribution is -2.43. The zero-order valence-corrected chi connectivity index (χ0v) is 11.8. The Labute approximate surface area is 114 Å². The standard InChI is InChI=1S/C16H21N2O/c1-5-11-18-14(12-13-9-7-6-8-10-13)15(19)17(4)16(18,2)3/h5-11,14H,1,12H2,2-4H3/q+1/b18-11+/t14-/m0/s1. The maximum atomic E-state index is 12.4. The van der Waals surface area contributed by atoms with E-state index in [0.717, 1.165) is 6.42 Å². The molecule has 0 saturated carbocycles. The van der Waals surface area contributed by atoms with Crippen molar-refractivity contribution in [1.82, 2.24) is 4.90 Å². The molecule has 1 fully saturated rings. The molecule has 100 valence electrons. The van der Waals surface area contributed by atoms with Gasteiger partial charge < -0.3 is 0 Å². The predicted molar refractivity (Wildman–Crippen MR) is 77.3 cm³/mol. The first-order valence-electron chi connectivity index (χ1n) is 6.54. The van der Waals surface area contributed by atoms with Crippen molar-refractivity contribution >= 4 is 12.1 Å². The number of carbonyl (C=O) groups is 1. The summed E-state index contributed by atoms with van der Waals surface area (Å²) in [5, 5.41) is 0. The molecule has 1 saturated heterocycles. The van der Waals surface area contributed by atoms with Gasteiger partial charge in [-0.1, -0.05) is 36.9 Å². The fourth-order valence-electron chi connectivity index (χ4n) is 2.59. The molecule has 2 rings (SSSR count). The molecule has 1 aromatic rings. The van der Waals surface area contributed by atoms with E-state index in [9.17, 15) is 4.79 Å². The molecule has 1 heterocycles. The van der Waals surface area contributed by atoms with E-state index in [0.29, 0.717) is 0 Å². The van der Waals surface area contributed by atoms with Crippen LogP contribution in [0.3, 0.4) is 0 Å². The summed E-state index contributed by atoms with van der Waals surface area (Å²) >= 11 is 0. The van der Waals surface area contributed by atoms with Crippen molar-refractivity contribution in [2.24, 2.45) is 0 Å². The highest BCUT2D eigenvalue weighted by molar-refractivity contribution is 5.84. The van der Waals surface area contributed by atoms with E-state index in [-0.39, 0.29) is 17.6 Å². The highest BCUT2D eigenvalue weighted by Crippen LogP contribution is 2.27. The van der Waals surface area contributed by atoms with Crippen LogP contribution < -0.4 is 0 Å². The molecule has 1 aromatic carbocycles. The Morgan fingerprint density at radius 2 is 2.00 bits per heavy atom. The molecule has 19 heavy (non-hydrogen) atoms. The van der Waals surface area contributed by atoms with Gasteiger partial charge in [-0.25, -0.2) is 4.58 Å². The van der Waals surface area contributed by atoms with Gasteiger partial charge in [-0.3, -0.25) is 9.69 Å². The van der Waals surface area contributed by atoms with Gasteiger partial charge in [0.1, 0.15) is 0 Å². The lowest BCUT2D eigenvalue weighted by atomic mass is 10.1. The van der Waals surface area contributed by atoms with Gasteiger partial charge >= 0.3 is 0 Å². The van der Waals surface area contributed by atoms with E-state index < -0.39 is 0 Å². The fraction of sp³-hybridized carbons (Fsp3) is 0.375. The number of allylic oxidation sites excluding steroid dienone is 1. The summed E-state index contributed by atoms with van der Waals surface area (Å²) in [5.74, 6) is 0.159. The molecule has 1 aliphatic rings. The number of carbonyl (C=O) groups excluding carboxylic acids is 1. The highest BCUT2D eigenvalue weighted by atomic mass is 16.2. The van der Waals surface area contributed by atoms with Crippen molar-refractivity contribution in [2.45, 2.75) is 32.0 Å². The molecule has 0 aliphatic carbocycles. The van der Waals surface area contributed by atoms with Crippen molar-refractivity contribution in [3.05, 3.63) is 48.6 Å². The Balaban J connectivity index is 2.35. The minimum Gasteiger partial charge on any atom is -0.280 e. The second-order valence-electron chi connectivity index (χ2n) is 5.39. The quantitative estimate of drug-likeness (QED) is 0.760. The summed E-state index contributed by atoms with van der Waals surface area (Å²) in [5.41, 5.74) is 0.861. The van der Waals surface area contributed by atoms with Gasteiger partial charge in [-0.2, -0.15) is 0 Å². The third-order valence-corrected chi connectivity index (χ3v) is 3.94. The van der Waals surface area contributed by atoms with Gasteiger partial charge in [-0.05, 0) is 11.6 Å². The van der Waals surface area contributed by atoms with E-state index in [2.05, 4.69) is 37.1 Å². The number of benzene rings is 1. The molecule has 0 unspecified atom stereocenters. The molecule has 3 nitrogen and oxygen atoms in total. The minimum absolute atomic E-state index is 0.152. The molecule has 3 heteroatoms. The van der Waals surface area contributed by atoms with Gasteiger partial charge in [0.05, 0.1) is 0 Å². The lowest BCUT2D eigenvalue weighted by Gasteiger charge is -2.22. The Bertz CT molecular complexity index is 517. The number of nitrogens with zero attached hydrogens (tertiary/aromatic N) is 2. The average Bonchev–Trinajstić information content (AvgIpc) is 2.55. The summed E-state index contributed by atoms with van der Waals surface area (Å²) in [6.07, 6.45) is 4.37. The number of hydrogen-bond donors (Lipinski definition) is 0. The zero-order chi connectivity index (χ0) is 14.0. The van der Waals surface area contributed by atoms with Gasteiger partial charge in [0.2, 0.25) is 11.7 Å². The monoisotopic (exact) mass is 257 g/mol. The number of amides is 1. The fourth-order valence-corrected chi connectivity index (χ4v) is 2.59. The summed E-state index contributed by atoms with van der Waals surface area (Å²) in [7, 11) is 1.86. The molecular weight excluding hydrogens is 236 g/mol. The first-order valence-corrected chi connectivity index (χ1v) is 6.54. The molecule has 0 N–H and O–H groups in total.